The second-order valence-electron chi connectivity index (χ2n) is 8.69. The lowest BCUT2D eigenvalue weighted by atomic mass is 9.90. The first-order valence-corrected chi connectivity index (χ1v) is 10.1. The number of hydrogen-bond donors (Lipinski definition) is 2. The minimum atomic E-state index is -0.509. The maximum atomic E-state index is 12.7. The maximum absolute atomic E-state index is 12.7. The van der Waals surface area contributed by atoms with Crippen LogP contribution < -0.4 is 9.47 Å². The van der Waals surface area contributed by atoms with Crippen LogP contribution in [0, 0.1) is 0 Å². The summed E-state index contributed by atoms with van der Waals surface area (Å²) < 4.78 is 12.3. The average Bonchev–Trinajstić information content (AvgIpc) is 2.64. The van der Waals surface area contributed by atoms with Crippen LogP contribution in [0.1, 0.15) is 67.3 Å². The van der Waals surface area contributed by atoms with Crippen LogP contribution in [0.15, 0.2) is 42.0 Å². The van der Waals surface area contributed by atoms with Gasteiger partial charge < -0.3 is 19.7 Å². The number of benzene rings is 2. The van der Waals surface area contributed by atoms with Crippen LogP contribution in [0.5, 0.6) is 23.0 Å². The van der Waals surface area contributed by atoms with E-state index in [4.69, 9.17) is 9.47 Å². The van der Waals surface area contributed by atoms with E-state index in [1.165, 1.54) is 11.6 Å². The van der Waals surface area contributed by atoms with Crippen molar-refractivity contribution in [1.29, 1.82) is 0 Å². The fraction of sp³-hybridized carbons (Fsp3) is 0.320. The molecule has 156 valence electrons. The van der Waals surface area contributed by atoms with Crippen LogP contribution >= 0.6 is 0 Å². The minimum absolute atomic E-state index is 0.113. The molecule has 5 heteroatoms. The maximum Gasteiger partial charge on any atom is 0.174 e. The van der Waals surface area contributed by atoms with Gasteiger partial charge in [-0.25, -0.2) is 0 Å². The standard InChI is InChI=1S/C25H26O5/c1-14(2)5-6-15-9-17(10-16-7-8-25(3,4)30-24(15)16)21-13-20(28)23-19(27)11-18(26)12-22(23)29-21/h5,7-12,21,26-27H,6,13H2,1-4H3. The van der Waals surface area contributed by atoms with Gasteiger partial charge in [-0.1, -0.05) is 17.7 Å². The number of fused-ring (bicyclic) bond motifs is 2. The first-order chi connectivity index (χ1) is 14.1. The Morgan fingerprint density at radius 3 is 2.70 bits per heavy atom. The lowest BCUT2D eigenvalue weighted by Crippen LogP contribution is -2.28. The number of ketones is 1. The van der Waals surface area contributed by atoms with E-state index in [-0.39, 0.29) is 40.6 Å². The van der Waals surface area contributed by atoms with Crippen molar-refractivity contribution in [3.63, 3.8) is 0 Å². The summed E-state index contributed by atoms with van der Waals surface area (Å²) in [6.07, 6.45) is 6.52. The lowest BCUT2D eigenvalue weighted by molar-refractivity contribution is 0.0844. The Kier molecular flexibility index (Phi) is 4.85. The van der Waals surface area contributed by atoms with Crippen LogP contribution in [-0.4, -0.2) is 21.6 Å². The Hall–Kier alpha value is -3.21. The van der Waals surface area contributed by atoms with E-state index in [9.17, 15) is 15.0 Å². The normalized spacial score (nSPS) is 18.7. The van der Waals surface area contributed by atoms with Crippen LogP contribution in [0.4, 0.5) is 0 Å². The fourth-order valence-electron chi connectivity index (χ4n) is 3.84. The Bertz CT molecular complexity index is 1090. The molecule has 0 aliphatic carbocycles. The predicted molar refractivity (Wildman–Crippen MR) is 115 cm³/mol. The first-order valence-electron chi connectivity index (χ1n) is 10.1. The van der Waals surface area contributed by atoms with Gasteiger partial charge in [-0.2, -0.15) is 0 Å². The molecular formula is C25H26O5. The molecule has 1 unspecified atom stereocenters. The van der Waals surface area contributed by atoms with E-state index in [0.29, 0.717) is 6.42 Å². The van der Waals surface area contributed by atoms with Crippen molar-refractivity contribution >= 4 is 11.9 Å². The van der Waals surface area contributed by atoms with Gasteiger partial charge >= 0.3 is 0 Å². The summed E-state index contributed by atoms with van der Waals surface area (Å²) in [5, 5.41) is 19.8. The van der Waals surface area contributed by atoms with Crippen molar-refractivity contribution in [3.05, 3.63) is 64.2 Å². The van der Waals surface area contributed by atoms with Gasteiger partial charge in [-0.15, -0.1) is 0 Å². The molecule has 2 heterocycles. The first kappa shape index (κ1) is 20.1. The van der Waals surface area contributed by atoms with Gasteiger partial charge in [0.1, 0.15) is 40.3 Å². The highest BCUT2D eigenvalue weighted by Gasteiger charge is 2.32. The number of hydrogen-bond acceptors (Lipinski definition) is 5. The van der Waals surface area contributed by atoms with Crippen LogP contribution in [0.25, 0.3) is 6.08 Å². The Morgan fingerprint density at radius 1 is 1.20 bits per heavy atom. The predicted octanol–water partition coefficient (Wildman–Crippen LogP) is 5.50. The van der Waals surface area contributed by atoms with Crippen molar-refractivity contribution in [3.8, 4) is 23.0 Å². The quantitative estimate of drug-likeness (QED) is 0.659. The summed E-state index contributed by atoms with van der Waals surface area (Å²) in [5.41, 5.74) is 3.78. The van der Waals surface area contributed by atoms with E-state index < -0.39 is 6.10 Å². The molecule has 0 saturated heterocycles. The molecule has 0 amide bonds. The third-order valence-electron chi connectivity index (χ3n) is 5.33. The van der Waals surface area contributed by atoms with Crippen molar-refractivity contribution in [2.24, 2.45) is 0 Å². The highest BCUT2D eigenvalue weighted by molar-refractivity contribution is 6.02. The molecule has 2 aliphatic rings. The Balaban J connectivity index is 1.77. The molecule has 0 spiro atoms. The molecule has 4 rings (SSSR count). The van der Waals surface area contributed by atoms with E-state index in [1.54, 1.807) is 0 Å². The molecule has 1 atom stereocenters. The average molecular weight is 406 g/mol. The van der Waals surface area contributed by atoms with E-state index in [2.05, 4.69) is 19.9 Å². The zero-order valence-corrected chi connectivity index (χ0v) is 17.7. The number of rotatable bonds is 3. The fourth-order valence-corrected chi connectivity index (χ4v) is 3.84. The van der Waals surface area contributed by atoms with Gasteiger partial charge in [0.25, 0.3) is 0 Å². The molecule has 0 aromatic heterocycles. The highest BCUT2D eigenvalue weighted by atomic mass is 16.5. The molecule has 2 aromatic carbocycles. The van der Waals surface area contributed by atoms with E-state index in [1.807, 2.05) is 38.1 Å². The highest BCUT2D eigenvalue weighted by Crippen LogP contribution is 2.43. The van der Waals surface area contributed by atoms with Crippen LogP contribution in [0.2, 0.25) is 0 Å². The number of carbonyl (C=O) groups excluding carboxylic acids is 1. The summed E-state index contributed by atoms with van der Waals surface area (Å²) in [6, 6.07) is 6.53. The zero-order chi connectivity index (χ0) is 21.6. The number of allylic oxidation sites excluding steroid dienone is 2. The zero-order valence-electron chi connectivity index (χ0n) is 17.7. The van der Waals surface area contributed by atoms with Gasteiger partial charge in [0.05, 0.1) is 6.42 Å². The molecular weight excluding hydrogens is 380 g/mol. The molecule has 0 fully saturated rings. The van der Waals surface area contributed by atoms with Crippen molar-refractivity contribution in [2.75, 3.05) is 0 Å². The molecule has 0 bridgehead atoms. The summed E-state index contributed by atoms with van der Waals surface area (Å²) >= 11 is 0. The van der Waals surface area contributed by atoms with Crippen molar-refractivity contribution < 1.29 is 24.5 Å². The summed E-state index contributed by atoms with van der Waals surface area (Å²) in [5.74, 6) is 0.428. The van der Waals surface area contributed by atoms with Gasteiger partial charge in [0.2, 0.25) is 0 Å². The Labute approximate surface area is 176 Å². The molecule has 2 aromatic rings. The molecule has 2 N–H and O–H groups in total. The number of aromatic hydroxyl groups is 2. The number of Topliss-reactive ketones (excluding diaryl/α,β-unsaturated/α-hetero) is 1. The van der Waals surface area contributed by atoms with Crippen LogP contribution in [0.3, 0.4) is 0 Å². The topological polar surface area (TPSA) is 76.0 Å². The molecule has 0 radical (unpaired) electrons. The number of ether oxygens (including phenoxy) is 2. The Morgan fingerprint density at radius 2 is 1.97 bits per heavy atom. The van der Waals surface area contributed by atoms with E-state index >= 15 is 0 Å². The van der Waals surface area contributed by atoms with Gasteiger partial charge in [0.15, 0.2) is 5.78 Å². The monoisotopic (exact) mass is 406 g/mol. The second-order valence-corrected chi connectivity index (χ2v) is 8.69. The number of phenolic OH excluding ortho intramolecular Hbond substituents is 2. The second kappa shape index (κ2) is 7.24. The summed E-state index contributed by atoms with van der Waals surface area (Å²) in [6.45, 7) is 8.15. The molecule has 5 nitrogen and oxygen atoms in total. The van der Waals surface area contributed by atoms with Gasteiger partial charge in [-0.3, -0.25) is 4.79 Å². The summed E-state index contributed by atoms with van der Waals surface area (Å²) in [7, 11) is 0. The summed E-state index contributed by atoms with van der Waals surface area (Å²) in [4.78, 5) is 12.7. The number of phenols is 2. The van der Waals surface area contributed by atoms with E-state index in [0.717, 1.165) is 28.5 Å². The lowest BCUT2D eigenvalue weighted by Gasteiger charge is -2.31. The van der Waals surface area contributed by atoms with Crippen molar-refractivity contribution in [1.82, 2.24) is 0 Å². The van der Waals surface area contributed by atoms with Crippen LogP contribution in [-0.2, 0) is 6.42 Å². The molecule has 2 aliphatic heterocycles. The third-order valence-corrected chi connectivity index (χ3v) is 5.33. The smallest absolute Gasteiger partial charge is 0.174 e. The number of carbonyl (C=O) groups is 1. The van der Waals surface area contributed by atoms with Gasteiger partial charge in [0, 0.05) is 17.7 Å². The van der Waals surface area contributed by atoms with Crippen molar-refractivity contribution in [2.45, 2.75) is 52.2 Å². The molecule has 30 heavy (non-hydrogen) atoms. The third kappa shape index (κ3) is 3.80. The van der Waals surface area contributed by atoms with Gasteiger partial charge in [-0.05, 0) is 63.5 Å². The minimum Gasteiger partial charge on any atom is -0.508 e. The SMILES string of the molecule is CC(C)=CCc1cc(C2CC(=O)c3c(O)cc(O)cc3O2)cc2c1OC(C)(C)C=C2. The largest absolute Gasteiger partial charge is 0.508 e. The molecule has 0 saturated carbocycles.